The topological polar surface area (TPSA) is 70.8 Å². The lowest BCUT2D eigenvalue weighted by Gasteiger charge is -2.13. The van der Waals surface area contributed by atoms with Gasteiger partial charge in [-0.15, -0.1) is 5.10 Å². The molecule has 1 aromatic heterocycles. The number of ether oxygens (including phenoxy) is 1. The Labute approximate surface area is 89.1 Å². The smallest absolute Gasteiger partial charge is 0.166 e. The quantitative estimate of drug-likeness (QED) is 0.783. The van der Waals surface area contributed by atoms with Crippen molar-refractivity contribution in [3.05, 3.63) is 17.8 Å². The van der Waals surface area contributed by atoms with E-state index < -0.39 is 0 Å². The minimum atomic E-state index is 0.203. The Bertz CT molecular complexity index is 348. The van der Waals surface area contributed by atoms with Crippen LogP contribution < -0.4 is 5.32 Å². The molecule has 1 N–H and O–H groups in total. The summed E-state index contributed by atoms with van der Waals surface area (Å²) in [5.41, 5.74) is 0.509. The molecular formula is C10H14N4O. The van der Waals surface area contributed by atoms with Gasteiger partial charge < -0.3 is 10.1 Å². The van der Waals surface area contributed by atoms with Crippen molar-refractivity contribution in [1.82, 2.24) is 10.2 Å². The van der Waals surface area contributed by atoms with Gasteiger partial charge in [0, 0.05) is 19.8 Å². The minimum absolute atomic E-state index is 0.203. The highest BCUT2D eigenvalue weighted by molar-refractivity contribution is 5.50. The van der Waals surface area contributed by atoms with Crippen LogP contribution in [0.2, 0.25) is 0 Å². The van der Waals surface area contributed by atoms with Crippen molar-refractivity contribution in [3.8, 4) is 6.07 Å². The van der Waals surface area contributed by atoms with Crippen LogP contribution in [0.3, 0.4) is 0 Å². The molecule has 1 aromatic rings. The van der Waals surface area contributed by atoms with E-state index in [9.17, 15) is 0 Å². The van der Waals surface area contributed by atoms with Gasteiger partial charge in [-0.05, 0) is 19.4 Å². The second-order valence-electron chi connectivity index (χ2n) is 3.23. The van der Waals surface area contributed by atoms with Gasteiger partial charge in [0.2, 0.25) is 0 Å². The van der Waals surface area contributed by atoms with Gasteiger partial charge in [-0.1, -0.05) is 0 Å². The van der Waals surface area contributed by atoms with Crippen molar-refractivity contribution in [2.24, 2.45) is 0 Å². The van der Waals surface area contributed by atoms with Gasteiger partial charge in [-0.25, -0.2) is 0 Å². The molecule has 5 heteroatoms. The molecule has 1 unspecified atom stereocenters. The maximum atomic E-state index is 8.82. The van der Waals surface area contributed by atoms with Crippen molar-refractivity contribution in [1.29, 1.82) is 5.26 Å². The molecule has 0 saturated carbocycles. The van der Waals surface area contributed by atoms with Crippen LogP contribution in [0.1, 0.15) is 18.9 Å². The van der Waals surface area contributed by atoms with Crippen LogP contribution in [0.25, 0.3) is 0 Å². The fraction of sp³-hybridized carbons (Fsp3) is 0.500. The van der Waals surface area contributed by atoms with E-state index in [1.54, 1.807) is 13.2 Å². The van der Waals surface area contributed by atoms with Gasteiger partial charge in [0.25, 0.3) is 0 Å². The van der Waals surface area contributed by atoms with E-state index >= 15 is 0 Å². The largest absolute Gasteiger partial charge is 0.385 e. The maximum absolute atomic E-state index is 8.82. The summed E-state index contributed by atoms with van der Waals surface area (Å²) in [6, 6.07) is 3.90. The third-order valence-corrected chi connectivity index (χ3v) is 1.98. The third-order valence-electron chi connectivity index (χ3n) is 1.98. The Kier molecular flexibility index (Phi) is 4.51. The van der Waals surface area contributed by atoms with E-state index in [1.165, 1.54) is 6.20 Å². The van der Waals surface area contributed by atoms with Crippen LogP contribution in [0.5, 0.6) is 0 Å². The molecule has 1 rings (SSSR count). The highest BCUT2D eigenvalue weighted by Crippen LogP contribution is 2.10. The second kappa shape index (κ2) is 5.94. The fourth-order valence-electron chi connectivity index (χ4n) is 1.13. The summed E-state index contributed by atoms with van der Waals surface area (Å²) in [4.78, 5) is 0. The zero-order valence-electron chi connectivity index (χ0n) is 8.90. The molecule has 1 atom stereocenters. The summed E-state index contributed by atoms with van der Waals surface area (Å²) in [5.74, 6) is 0.531. The molecule has 0 aromatic carbocycles. The molecule has 80 valence electrons. The number of aromatic nitrogens is 2. The fourth-order valence-corrected chi connectivity index (χ4v) is 1.13. The Balaban J connectivity index is 2.60. The van der Waals surface area contributed by atoms with Gasteiger partial charge >= 0.3 is 0 Å². The predicted molar refractivity (Wildman–Crippen MR) is 56.3 cm³/mol. The van der Waals surface area contributed by atoms with Crippen molar-refractivity contribution in [2.45, 2.75) is 19.4 Å². The summed E-state index contributed by atoms with van der Waals surface area (Å²) in [7, 11) is 1.66. The van der Waals surface area contributed by atoms with E-state index in [2.05, 4.69) is 21.6 Å². The van der Waals surface area contributed by atoms with Gasteiger partial charge in [0.15, 0.2) is 5.82 Å². The van der Waals surface area contributed by atoms with E-state index in [4.69, 9.17) is 10.00 Å². The lowest BCUT2D eigenvalue weighted by atomic mass is 10.2. The predicted octanol–water partition coefficient (Wildman–Crippen LogP) is 1.19. The molecule has 0 aliphatic heterocycles. The van der Waals surface area contributed by atoms with E-state index in [1.807, 2.05) is 6.92 Å². The maximum Gasteiger partial charge on any atom is 0.166 e. The second-order valence-corrected chi connectivity index (χ2v) is 3.23. The SMILES string of the molecule is COCCC(C)Nc1nnccc1C#N. The standard InChI is InChI=1S/C10H14N4O/c1-8(4-6-15-2)13-10-9(7-11)3-5-12-14-10/h3,5,8H,4,6H2,1-2H3,(H,13,14). The Hall–Kier alpha value is -1.67. The van der Waals surface area contributed by atoms with Gasteiger partial charge in [-0.2, -0.15) is 10.4 Å². The van der Waals surface area contributed by atoms with Gasteiger partial charge in [-0.3, -0.25) is 0 Å². The number of nitrogens with one attached hydrogen (secondary N) is 1. The van der Waals surface area contributed by atoms with E-state index in [0.29, 0.717) is 18.0 Å². The monoisotopic (exact) mass is 206 g/mol. The molecule has 0 spiro atoms. The summed E-state index contributed by atoms with van der Waals surface area (Å²) in [5, 5.41) is 19.5. The first-order valence-electron chi connectivity index (χ1n) is 4.75. The van der Waals surface area contributed by atoms with Gasteiger partial charge in [0.1, 0.15) is 6.07 Å². The molecule has 0 bridgehead atoms. The molecular weight excluding hydrogens is 192 g/mol. The number of rotatable bonds is 5. The minimum Gasteiger partial charge on any atom is -0.385 e. The Morgan fingerprint density at radius 2 is 2.47 bits per heavy atom. The number of nitrogens with zero attached hydrogens (tertiary/aromatic N) is 3. The molecule has 0 radical (unpaired) electrons. The normalized spacial score (nSPS) is 11.8. The highest BCUT2D eigenvalue weighted by Gasteiger charge is 2.07. The van der Waals surface area contributed by atoms with Crippen molar-refractivity contribution in [2.75, 3.05) is 19.0 Å². The molecule has 0 saturated heterocycles. The average Bonchev–Trinajstić information content (AvgIpc) is 2.27. The summed E-state index contributed by atoms with van der Waals surface area (Å²) < 4.78 is 4.97. The molecule has 0 aliphatic carbocycles. The van der Waals surface area contributed by atoms with E-state index in [0.717, 1.165) is 6.42 Å². The van der Waals surface area contributed by atoms with Crippen LogP contribution >= 0.6 is 0 Å². The molecule has 0 fully saturated rings. The number of anilines is 1. The molecule has 5 nitrogen and oxygen atoms in total. The molecule has 15 heavy (non-hydrogen) atoms. The Morgan fingerprint density at radius 1 is 1.67 bits per heavy atom. The number of methoxy groups -OCH3 is 1. The van der Waals surface area contributed by atoms with Gasteiger partial charge in [0.05, 0.1) is 11.8 Å². The number of hydrogen-bond donors (Lipinski definition) is 1. The van der Waals surface area contributed by atoms with Crippen LogP contribution in [0.4, 0.5) is 5.82 Å². The first-order valence-corrected chi connectivity index (χ1v) is 4.75. The average molecular weight is 206 g/mol. The lowest BCUT2D eigenvalue weighted by Crippen LogP contribution is -2.19. The van der Waals surface area contributed by atoms with Crippen LogP contribution in [-0.2, 0) is 4.74 Å². The zero-order chi connectivity index (χ0) is 11.1. The van der Waals surface area contributed by atoms with Crippen LogP contribution in [0.15, 0.2) is 12.3 Å². The zero-order valence-corrected chi connectivity index (χ0v) is 8.90. The summed E-state index contributed by atoms with van der Waals surface area (Å²) in [6.07, 6.45) is 2.36. The summed E-state index contributed by atoms with van der Waals surface area (Å²) in [6.45, 7) is 2.69. The summed E-state index contributed by atoms with van der Waals surface area (Å²) >= 11 is 0. The molecule has 0 amide bonds. The Morgan fingerprint density at radius 3 is 3.13 bits per heavy atom. The van der Waals surface area contributed by atoms with Crippen LogP contribution in [0, 0.1) is 11.3 Å². The van der Waals surface area contributed by atoms with Crippen molar-refractivity contribution >= 4 is 5.82 Å². The molecule has 1 heterocycles. The van der Waals surface area contributed by atoms with Crippen molar-refractivity contribution < 1.29 is 4.74 Å². The van der Waals surface area contributed by atoms with Crippen LogP contribution in [-0.4, -0.2) is 30.0 Å². The lowest BCUT2D eigenvalue weighted by molar-refractivity contribution is 0.191. The first kappa shape index (κ1) is 11.4. The first-order chi connectivity index (χ1) is 7.27. The highest BCUT2D eigenvalue weighted by atomic mass is 16.5. The number of nitriles is 1. The third kappa shape index (κ3) is 3.52. The number of hydrogen-bond acceptors (Lipinski definition) is 5. The molecule has 0 aliphatic rings. The van der Waals surface area contributed by atoms with E-state index in [-0.39, 0.29) is 6.04 Å². The van der Waals surface area contributed by atoms with Crippen molar-refractivity contribution in [3.63, 3.8) is 0 Å².